The van der Waals surface area contributed by atoms with E-state index in [1.807, 2.05) is 12.2 Å². The van der Waals surface area contributed by atoms with Crippen molar-refractivity contribution in [3.05, 3.63) is 195 Å². The van der Waals surface area contributed by atoms with Gasteiger partial charge >= 0.3 is 0 Å². The molecule has 0 aliphatic heterocycles. The average molecular weight is 711 g/mol. The molecule has 4 atom stereocenters. The molecule has 0 radical (unpaired) electrons. The summed E-state index contributed by atoms with van der Waals surface area (Å²) in [5, 5.41) is 20.0. The Balaban J connectivity index is 1.14. The number of nitriles is 1. The molecule has 0 saturated carbocycles. The summed E-state index contributed by atoms with van der Waals surface area (Å²) in [5.74, 6) is 0.683. The summed E-state index contributed by atoms with van der Waals surface area (Å²) in [6.07, 6.45) is 45.7. The molecule has 6 aliphatic carbocycles. The van der Waals surface area contributed by atoms with E-state index in [9.17, 15) is 5.26 Å². The van der Waals surface area contributed by atoms with Gasteiger partial charge in [-0.25, -0.2) is 0 Å². The summed E-state index contributed by atoms with van der Waals surface area (Å²) in [6, 6.07) is 20.8. The first-order valence-corrected chi connectivity index (χ1v) is 20.0. The first-order valence-electron chi connectivity index (χ1n) is 20.0. The number of nitrogens with one attached hydrogen (secondary N) is 1. The number of hydrogen-bond donors (Lipinski definition) is 1. The molecule has 0 saturated heterocycles. The quantitative estimate of drug-likeness (QED) is 0.193. The van der Waals surface area contributed by atoms with E-state index in [-0.39, 0.29) is 17.8 Å². The molecule has 6 aliphatic rings. The lowest BCUT2D eigenvalue weighted by atomic mass is 9.67. The van der Waals surface area contributed by atoms with Crippen LogP contribution >= 0.6 is 0 Å². The first-order chi connectivity index (χ1) is 27.1. The van der Waals surface area contributed by atoms with Crippen molar-refractivity contribution < 1.29 is 0 Å². The molecule has 9 rings (SSSR count). The largest absolute Gasteiger partial charge is 0.312 e. The van der Waals surface area contributed by atoms with Gasteiger partial charge in [-0.1, -0.05) is 134 Å². The van der Waals surface area contributed by atoms with Crippen LogP contribution in [0.1, 0.15) is 73.6 Å². The summed E-state index contributed by atoms with van der Waals surface area (Å²) < 4.78 is 0. The molecular formula is C53H46N2. The molecule has 4 unspecified atom stereocenters. The standard InChI is InChI=1S/C53H46N2/c1-2-3-4-13-43-29-42(38-15-10-12-36(27-38)34-55)24-25-45(43)51-32-53-47-17-6-5-16-46(47)50(31-52(53)49-19-8-7-18-48(49)51)44-23-22-40-28-39(20-21-41(40)30-44)37-14-9-11-35(26-37)33-54/h2-19,24-25,28-33,35-36,46-47,54H,20-23,26-27H2,1H3/b3-2-,13-4-,54-33?. The van der Waals surface area contributed by atoms with Gasteiger partial charge in [-0.2, -0.15) is 5.26 Å². The van der Waals surface area contributed by atoms with Gasteiger partial charge in [0.05, 0.1) is 12.0 Å². The second-order valence-electron chi connectivity index (χ2n) is 15.6. The molecule has 268 valence electrons. The predicted octanol–water partition coefficient (Wildman–Crippen LogP) is 13.7. The molecule has 0 spiro atoms. The zero-order valence-corrected chi connectivity index (χ0v) is 31.5. The van der Waals surface area contributed by atoms with Crippen LogP contribution in [0, 0.1) is 34.5 Å². The number of nitrogens with zero attached hydrogens (tertiary/aromatic N) is 1. The van der Waals surface area contributed by atoms with Crippen LogP contribution in [0.15, 0.2) is 173 Å². The highest BCUT2D eigenvalue weighted by molar-refractivity contribution is 6.04. The molecule has 55 heavy (non-hydrogen) atoms. The summed E-state index contributed by atoms with van der Waals surface area (Å²) >= 11 is 0. The zero-order chi connectivity index (χ0) is 37.3. The molecule has 3 aromatic carbocycles. The fourth-order valence-corrected chi connectivity index (χ4v) is 9.53. The van der Waals surface area contributed by atoms with Gasteiger partial charge in [-0.3, -0.25) is 0 Å². The van der Waals surface area contributed by atoms with Crippen LogP contribution in [0.4, 0.5) is 0 Å². The average Bonchev–Trinajstić information content (AvgIpc) is 3.25. The molecule has 2 nitrogen and oxygen atoms in total. The highest BCUT2D eigenvalue weighted by Gasteiger charge is 2.34. The van der Waals surface area contributed by atoms with Crippen molar-refractivity contribution in [2.75, 3.05) is 0 Å². The maximum Gasteiger partial charge on any atom is 0.0701 e. The Hall–Kier alpha value is -6.04. The monoisotopic (exact) mass is 710 g/mol. The van der Waals surface area contributed by atoms with Crippen LogP contribution in [-0.2, 0) is 0 Å². The third-order valence-electron chi connectivity index (χ3n) is 12.4. The second-order valence-corrected chi connectivity index (χ2v) is 15.6. The Bertz CT molecular complexity index is 2530. The van der Waals surface area contributed by atoms with Crippen LogP contribution < -0.4 is 0 Å². The normalized spacial score (nSPS) is 24.1. The minimum Gasteiger partial charge on any atom is -0.312 e. The summed E-state index contributed by atoms with van der Waals surface area (Å²) in [5.41, 5.74) is 17.6. The fraction of sp³-hybridized carbons (Fsp3) is 0.208. The molecule has 0 fully saturated rings. The van der Waals surface area contributed by atoms with E-state index in [0.717, 1.165) is 38.5 Å². The third-order valence-corrected chi connectivity index (χ3v) is 12.4. The third kappa shape index (κ3) is 6.59. The van der Waals surface area contributed by atoms with E-state index in [1.165, 1.54) is 83.2 Å². The molecule has 0 heterocycles. The van der Waals surface area contributed by atoms with Crippen LogP contribution in [0.2, 0.25) is 0 Å². The highest BCUT2D eigenvalue weighted by Crippen LogP contribution is 2.51. The lowest BCUT2D eigenvalue weighted by molar-refractivity contribution is 0.651. The van der Waals surface area contributed by atoms with Crippen LogP contribution in [0.5, 0.6) is 0 Å². The van der Waals surface area contributed by atoms with Gasteiger partial charge in [-0.05, 0) is 147 Å². The molecule has 0 aromatic heterocycles. The number of benzene rings is 3. The number of allylic oxidation sites excluding steroid dienone is 22. The van der Waals surface area contributed by atoms with Gasteiger partial charge in [0.15, 0.2) is 0 Å². The number of rotatable bonds is 7. The molecule has 1 N–H and O–H groups in total. The smallest absolute Gasteiger partial charge is 0.0701 e. The summed E-state index contributed by atoms with van der Waals surface area (Å²) in [4.78, 5) is 0. The lowest BCUT2D eigenvalue weighted by Gasteiger charge is -2.36. The predicted molar refractivity (Wildman–Crippen MR) is 232 cm³/mol. The minimum absolute atomic E-state index is 0.0885. The van der Waals surface area contributed by atoms with E-state index in [1.54, 1.807) is 6.21 Å². The Morgan fingerprint density at radius 3 is 2.27 bits per heavy atom. The van der Waals surface area contributed by atoms with Gasteiger partial charge < -0.3 is 5.41 Å². The molecule has 3 aromatic rings. The Labute approximate surface area is 325 Å². The van der Waals surface area contributed by atoms with Crippen LogP contribution in [0.3, 0.4) is 0 Å². The number of fused-ring (bicyclic) bond motifs is 5. The molecule has 2 heteroatoms. The van der Waals surface area contributed by atoms with Gasteiger partial charge in [0.2, 0.25) is 0 Å². The van der Waals surface area contributed by atoms with Crippen molar-refractivity contribution in [3.8, 4) is 17.2 Å². The topological polar surface area (TPSA) is 47.6 Å². The van der Waals surface area contributed by atoms with E-state index in [4.69, 9.17) is 5.41 Å². The van der Waals surface area contributed by atoms with E-state index in [2.05, 4.69) is 153 Å². The van der Waals surface area contributed by atoms with Crippen molar-refractivity contribution in [1.82, 2.24) is 0 Å². The molecule has 0 amide bonds. The maximum absolute atomic E-state index is 9.65. The van der Waals surface area contributed by atoms with Crippen molar-refractivity contribution in [3.63, 3.8) is 0 Å². The van der Waals surface area contributed by atoms with Gasteiger partial charge in [0.25, 0.3) is 0 Å². The van der Waals surface area contributed by atoms with Crippen molar-refractivity contribution in [1.29, 1.82) is 10.7 Å². The van der Waals surface area contributed by atoms with E-state index < -0.39 is 0 Å². The number of hydrogen-bond acceptors (Lipinski definition) is 2. The van der Waals surface area contributed by atoms with Crippen molar-refractivity contribution >= 4 is 34.7 Å². The van der Waals surface area contributed by atoms with Crippen LogP contribution in [-0.4, -0.2) is 6.21 Å². The van der Waals surface area contributed by atoms with Gasteiger partial charge in [0, 0.05) is 24.0 Å². The summed E-state index contributed by atoms with van der Waals surface area (Å²) in [7, 11) is 0. The molecular weight excluding hydrogens is 665 g/mol. The minimum atomic E-state index is -0.0885. The van der Waals surface area contributed by atoms with Crippen LogP contribution in [0.25, 0.3) is 39.6 Å². The fourth-order valence-electron chi connectivity index (χ4n) is 9.53. The van der Waals surface area contributed by atoms with E-state index in [0.29, 0.717) is 5.92 Å². The Morgan fingerprint density at radius 2 is 1.45 bits per heavy atom. The van der Waals surface area contributed by atoms with Crippen molar-refractivity contribution in [2.45, 2.75) is 51.4 Å². The van der Waals surface area contributed by atoms with Gasteiger partial charge in [-0.15, -0.1) is 0 Å². The SMILES string of the molecule is C/C=C\C=C/c1cc(C2=CC=CC(C#N)C2)ccc1-c1cc2c(c3ccccc13)C=C(C1=CC3=C(C=C(C4=CC=CC(C=N)C4)CC3)CC1)C1C=CC=CC21. The van der Waals surface area contributed by atoms with Gasteiger partial charge in [0.1, 0.15) is 0 Å². The highest BCUT2D eigenvalue weighted by atomic mass is 14.4. The van der Waals surface area contributed by atoms with E-state index >= 15 is 0 Å². The maximum atomic E-state index is 9.65. The second kappa shape index (κ2) is 15.0. The summed E-state index contributed by atoms with van der Waals surface area (Å²) in [6.45, 7) is 2.05. The lowest BCUT2D eigenvalue weighted by Crippen LogP contribution is -2.21. The first kappa shape index (κ1) is 34.7. The van der Waals surface area contributed by atoms with Crippen molar-refractivity contribution in [2.24, 2.45) is 17.8 Å². The Kier molecular flexibility index (Phi) is 9.47. The molecule has 0 bridgehead atoms. The zero-order valence-electron chi connectivity index (χ0n) is 31.5. The Morgan fingerprint density at radius 1 is 0.691 bits per heavy atom.